The van der Waals surface area contributed by atoms with Crippen molar-refractivity contribution in [3.8, 4) is 0 Å². The molecule has 6 nitrogen and oxygen atoms in total. The van der Waals surface area contributed by atoms with Crippen LogP contribution in [0, 0.1) is 0 Å². The molecule has 2 atom stereocenters. The molecule has 0 aliphatic heterocycles. The van der Waals surface area contributed by atoms with Gasteiger partial charge in [-0.25, -0.2) is 8.78 Å². The summed E-state index contributed by atoms with van der Waals surface area (Å²) in [6, 6.07) is 0. The lowest BCUT2D eigenvalue weighted by Crippen LogP contribution is -2.28. The Labute approximate surface area is 184 Å². The summed E-state index contributed by atoms with van der Waals surface area (Å²) in [5.74, 6) is 0. The third-order valence-corrected chi connectivity index (χ3v) is 5.56. The highest BCUT2D eigenvalue weighted by Crippen LogP contribution is 2.14. The Bertz CT molecular complexity index is 320. The average molecular weight is 544 g/mol. The zero-order chi connectivity index (χ0) is 21.1. The number of hydrogen-bond donors (Lipinski definition) is 0. The fourth-order valence-corrected chi connectivity index (χ4v) is 1.97. The van der Waals surface area contributed by atoms with E-state index in [1.807, 2.05) is 0 Å². The van der Waals surface area contributed by atoms with Gasteiger partial charge in [0.2, 0.25) is 0 Å². The average Bonchev–Trinajstić information content (AvgIpc) is 2.67. The molecule has 0 aromatic carbocycles. The van der Waals surface area contributed by atoms with Crippen LogP contribution in [0.4, 0.5) is 8.78 Å². The lowest BCUT2D eigenvalue weighted by atomic mass is 10.2. The topological polar surface area (TPSA) is 55.4 Å². The first-order valence-corrected chi connectivity index (χ1v) is 11.5. The minimum Gasteiger partial charge on any atom is -0.377 e. The fourth-order valence-electron chi connectivity index (χ4n) is 1.64. The second kappa shape index (κ2) is 18.4. The Hall–Kier alpha value is 0.580. The number of hydrogen-bond acceptors (Lipinski definition) is 6. The predicted octanol–water partition coefficient (Wildman–Crippen LogP) is 3.33. The maximum Gasteiger partial charge on any atom is 0.141 e. The van der Waals surface area contributed by atoms with Gasteiger partial charge in [0.05, 0.1) is 79.3 Å². The van der Waals surface area contributed by atoms with E-state index in [0.29, 0.717) is 66.1 Å². The maximum atomic E-state index is 13.5. The molecule has 0 N–H and O–H groups in total. The van der Waals surface area contributed by atoms with Crippen LogP contribution in [-0.2, 0) is 28.4 Å². The van der Waals surface area contributed by atoms with Crippen LogP contribution in [0.5, 0.6) is 0 Å². The quantitative estimate of drug-likeness (QED) is 0.163. The van der Waals surface area contributed by atoms with Crippen molar-refractivity contribution in [1.82, 2.24) is 0 Å². The van der Waals surface area contributed by atoms with Gasteiger partial charge in [0.25, 0.3) is 0 Å². The Morgan fingerprint density at radius 2 is 0.714 bits per heavy atom. The van der Waals surface area contributed by atoms with E-state index in [9.17, 15) is 8.78 Å². The molecule has 0 saturated heterocycles. The van der Waals surface area contributed by atoms with Crippen LogP contribution in [0.15, 0.2) is 0 Å². The Morgan fingerprint density at radius 1 is 0.500 bits per heavy atom. The summed E-state index contributed by atoms with van der Waals surface area (Å²) in [5, 5.41) is 0.490. The van der Waals surface area contributed by atoms with Gasteiger partial charge in [-0.05, 0) is 13.8 Å². The molecule has 0 aliphatic rings. The number of halogens is 4. The zero-order valence-electron chi connectivity index (χ0n) is 16.9. The highest BCUT2D eigenvalue weighted by molar-refractivity contribution is 9.09. The van der Waals surface area contributed by atoms with Gasteiger partial charge in [0.15, 0.2) is 0 Å². The molecule has 0 fully saturated rings. The second-order valence-electron chi connectivity index (χ2n) is 6.65. The van der Waals surface area contributed by atoms with Gasteiger partial charge in [0.1, 0.15) is 11.3 Å². The molecule has 0 aromatic rings. The van der Waals surface area contributed by atoms with E-state index in [4.69, 9.17) is 28.4 Å². The molecule has 0 saturated carbocycles. The third-order valence-electron chi connectivity index (χ3n) is 3.22. The first-order chi connectivity index (χ1) is 13.3. The van der Waals surface area contributed by atoms with Crippen LogP contribution in [0.2, 0.25) is 0 Å². The van der Waals surface area contributed by atoms with E-state index in [-0.39, 0.29) is 23.9 Å². The molecule has 0 aliphatic carbocycles. The summed E-state index contributed by atoms with van der Waals surface area (Å²) in [5.41, 5.74) is -2.71. The molecule has 10 heteroatoms. The number of ether oxygens (including phenoxy) is 6. The largest absolute Gasteiger partial charge is 0.377 e. The van der Waals surface area contributed by atoms with Crippen LogP contribution in [-0.4, -0.2) is 101 Å². The van der Waals surface area contributed by atoms with Crippen molar-refractivity contribution in [2.45, 2.75) is 25.2 Å². The fraction of sp³-hybridized carbons (Fsp3) is 1.00. The summed E-state index contributed by atoms with van der Waals surface area (Å²) in [6.07, 6.45) is 0. The molecule has 28 heavy (non-hydrogen) atoms. The third kappa shape index (κ3) is 19.9. The molecule has 0 heterocycles. The normalized spacial score (nSPS) is 16.1. The van der Waals surface area contributed by atoms with Crippen LogP contribution >= 0.6 is 31.9 Å². The van der Waals surface area contributed by atoms with Crippen molar-refractivity contribution >= 4 is 31.9 Å². The van der Waals surface area contributed by atoms with Gasteiger partial charge >= 0.3 is 0 Å². The molecule has 0 aromatic heterocycles. The maximum absolute atomic E-state index is 13.5. The zero-order valence-corrected chi connectivity index (χ0v) is 20.0. The van der Waals surface area contributed by atoms with Gasteiger partial charge in [-0.2, -0.15) is 0 Å². The SMILES string of the molecule is CC(F)(CBr)COCCOCCOCCOCCOCCOCC(C)(F)CBr. The molecule has 0 bridgehead atoms. The number of alkyl halides is 4. The molecule has 170 valence electrons. The van der Waals surface area contributed by atoms with E-state index in [0.717, 1.165) is 0 Å². The van der Waals surface area contributed by atoms with Crippen molar-refractivity contribution in [3.05, 3.63) is 0 Å². The summed E-state index contributed by atoms with van der Waals surface area (Å²) >= 11 is 6.18. The van der Waals surface area contributed by atoms with E-state index < -0.39 is 11.3 Å². The van der Waals surface area contributed by atoms with Gasteiger partial charge in [0, 0.05) is 10.7 Å². The Morgan fingerprint density at radius 3 is 0.929 bits per heavy atom. The van der Waals surface area contributed by atoms with Crippen LogP contribution < -0.4 is 0 Å². The smallest absolute Gasteiger partial charge is 0.141 e. The number of rotatable bonds is 21. The van der Waals surface area contributed by atoms with E-state index in [2.05, 4.69) is 31.9 Å². The monoisotopic (exact) mass is 542 g/mol. The van der Waals surface area contributed by atoms with Gasteiger partial charge in [-0.3, -0.25) is 0 Å². The van der Waals surface area contributed by atoms with Crippen molar-refractivity contribution in [1.29, 1.82) is 0 Å². The molecule has 0 amide bonds. The highest BCUT2D eigenvalue weighted by Gasteiger charge is 2.21. The summed E-state index contributed by atoms with van der Waals surface area (Å²) in [4.78, 5) is 0. The minimum absolute atomic E-state index is 0.0421. The van der Waals surface area contributed by atoms with Crippen molar-refractivity contribution in [2.75, 3.05) is 89.9 Å². The molecule has 2 unspecified atom stereocenters. The lowest BCUT2D eigenvalue weighted by molar-refractivity contribution is -0.0279. The molecule has 0 spiro atoms. The lowest BCUT2D eigenvalue weighted by Gasteiger charge is -2.17. The summed E-state index contributed by atoms with van der Waals surface area (Å²) < 4.78 is 58.7. The summed E-state index contributed by atoms with van der Waals surface area (Å²) in [6.45, 7) is 7.31. The Balaban J connectivity index is 3.14. The van der Waals surface area contributed by atoms with Gasteiger partial charge < -0.3 is 28.4 Å². The van der Waals surface area contributed by atoms with E-state index >= 15 is 0 Å². The predicted molar refractivity (Wildman–Crippen MR) is 112 cm³/mol. The molecular weight excluding hydrogens is 510 g/mol. The summed E-state index contributed by atoms with van der Waals surface area (Å²) in [7, 11) is 0. The standard InChI is InChI=1S/C18H34Br2F2O6/c1-17(21,13-19)15-27-11-9-25-7-5-23-3-4-24-6-8-26-10-12-28-16-18(2,22)14-20/h3-16H2,1-2H3. The van der Waals surface area contributed by atoms with Crippen LogP contribution in [0.25, 0.3) is 0 Å². The first-order valence-electron chi connectivity index (χ1n) is 9.29. The van der Waals surface area contributed by atoms with E-state index in [1.54, 1.807) is 0 Å². The Kier molecular flexibility index (Phi) is 18.7. The van der Waals surface area contributed by atoms with Crippen molar-refractivity contribution in [2.24, 2.45) is 0 Å². The minimum atomic E-state index is -1.35. The molecular formula is C18H34Br2F2O6. The van der Waals surface area contributed by atoms with Gasteiger partial charge in [-0.1, -0.05) is 31.9 Å². The van der Waals surface area contributed by atoms with Crippen LogP contribution in [0.1, 0.15) is 13.8 Å². The van der Waals surface area contributed by atoms with Crippen molar-refractivity contribution in [3.63, 3.8) is 0 Å². The highest BCUT2D eigenvalue weighted by atomic mass is 79.9. The first kappa shape index (κ1) is 28.6. The van der Waals surface area contributed by atoms with Crippen molar-refractivity contribution < 1.29 is 37.2 Å². The van der Waals surface area contributed by atoms with Crippen LogP contribution in [0.3, 0.4) is 0 Å². The molecule has 0 radical (unpaired) electrons. The van der Waals surface area contributed by atoms with E-state index in [1.165, 1.54) is 13.8 Å². The van der Waals surface area contributed by atoms with Gasteiger partial charge in [-0.15, -0.1) is 0 Å². The molecule has 0 rings (SSSR count). The second-order valence-corrected chi connectivity index (χ2v) is 7.77.